The highest BCUT2D eigenvalue weighted by atomic mass is 16.2. The summed E-state index contributed by atoms with van der Waals surface area (Å²) in [7, 11) is 0. The maximum absolute atomic E-state index is 12.5. The zero-order chi connectivity index (χ0) is 15.3. The fraction of sp³-hybridized carbons (Fsp3) is 0.765. The van der Waals surface area contributed by atoms with Gasteiger partial charge in [0.15, 0.2) is 0 Å². The molecule has 3 heterocycles. The molecule has 3 aliphatic rings. The highest BCUT2D eigenvalue weighted by Gasteiger charge is 2.52. The molecule has 2 aliphatic heterocycles. The van der Waals surface area contributed by atoms with Crippen molar-refractivity contribution < 1.29 is 4.79 Å². The van der Waals surface area contributed by atoms with E-state index < -0.39 is 0 Å². The van der Waals surface area contributed by atoms with E-state index in [0.29, 0.717) is 11.8 Å². The first-order valence-corrected chi connectivity index (χ1v) is 8.62. The molecule has 0 radical (unpaired) electrons. The van der Waals surface area contributed by atoms with Crippen molar-refractivity contribution in [1.82, 2.24) is 20.4 Å². The molecule has 22 heavy (non-hydrogen) atoms. The first kappa shape index (κ1) is 14.2. The molecule has 1 aromatic heterocycles. The monoisotopic (exact) mass is 302 g/mol. The van der Waals surface area contributed by atoms with Crippen LogP contribution in [0.2, 0.25) is 0 Å². The van der Waals surface area contributed by atoms with E-state index >= 15 is 0 Å². The average molecular weight is 302 g/mol. The van der Waals surface area contributed by atoms with Crippen LogP contribution in [0.25, 0.3) is 0 Å². The van der Waals surface area contributed by atoms with Crippen LogP contribution in [0.3, 0.4) is 0 Å². The van der Waals surface area contributed by atoms with Crippen molar-refractivity contribution in [2.24, 2.45) is 11.3 Å². The van der Waals surface area contributed by atoms with Gasteiger partial charge in [-0.15, -0.1) is 0 Å². The normalized spacial score (nSPS) is 27.5. The van der Waals surface area contributed by atoms with E-state index in [0.717, 1.165) is 51.9 Å². The third-order valence-corrected chi connectivity index (χ3v) is 5.84. The van der Waals surface area contributed by atoms with Crippen molar-refractivity contribution in [2.45, 2.75) is 52.0 Å². The lowest BCUT2D eigenvalue weighted by atomic mass is 9.89. The Balaban J connectivity index is 1.40. The topological polar surface area (TPSA) is 61.0 Å². The van der Waals surface area contributed by atoms with Crippen LogP contribution < -0.4 is 5.32 Å². The minimum atomic E-state index is 0.237. The molecule has 5 heteroatoms. The van der Waals surface area contributed by atoms with Gasteiger partial charge in [0.25, 0.3) is 0 Å². The van der Waals surface area contributed by atoms with E-state index in [2.05, 4.69) is 34.3 Å². The highest BCUT2D eigenvalue weighted by molar-refractivity contribution is 5.82. The molecule has 1 atom stereocenters. The van der Waals surface area contributed by atoms with Gasteiger partial charge in [-0.2, -0.15) is 5.10 Å². The van der Waals surface area contributed by atoms with Crippen LogP contribution in [0.4, 0.5) is 0 Å². The summed E-state index contributed by atoms with van der Waals surface area (Å²) < 4.78 is 0. The summed E-state index contributed by atoms with van der Waals surface area (Å²) in [5.41, 5.74) is 4.19. The number of carbonyl (C=O) groups excluding carboxylic acids is 1. The van der Waals surface area contributed by atoms with Crippen LogP contribution in [0.5, 0.6) is 0 Å². The number of hydrogen-bond acceptors (Lipinski definition) is 3. The Labute approximate surface area is 131 Å². The van der Waals surface area contributed by atoms with Gasteiger partial charge < -0.3 is 10.2 Å². The molecule has 0 spiro atoms. The predicted octanol–water partition coefficient (Wildman–Crippen LogP) is 1.81. The molecule has 2 fully saturated rings. The standard InChI is InChI=1S/C17H26N4O/c1-17(2)9-13(17)16(22)21-7-4-11(5-8-21)15-12-10-18-6-3-14(12)19-20-15/h11,13,18H,3-10H2,1-2H3,(H,19,20)/t13-/m1/s1. The number of rotatable bonds is 2. The first-order chi connectivity index (χ1) is 10.6. The van der Waals surface area contributed by atoms with E-state index in [1.807, 2.05) is 0 Å². The Hall–Kier alpha value is -1.36. The van der Waals surface area contributed by atoms with Crippen molar-refractivity contribution in [3.05, 3.63) is 17.0 Å². The van der Waals surface area contributed by atoms with Crippen molar-refractivity contribution in [2.75, 3.05) is 19.6 Å². The lowest BCUT2D eigenvalue weighted by molar-refractivity contribution is -0.134. The fourth-order valence-corrected chi connectivity index (χ4v) is 4.07. The van der Waals surface area contributed by atoms with Crippen molar-refractivity contribution in [3.63, 3.8) is 0 Å². The molecule has 5 nitrogen and oxygen atoms in total. The van der Waals surface area contributed by atoms with Gasteiger partial charge in [0.1, 0.15) is 0 Å². The summed E-state index contributed by atoms with van der Waals surface area (Å²) in [6.45, 7) is 8.17. The minimum Gasteiger partial charge on any atom is -0.342 e. The third kappa shape index (κ3) is 2.35. The zero-order valence-electron chi connectivity index (χ0n) is 13.6. The van der Waals surface area contributed by atoms with E-state index in [1.54, 1.807) is 0 Å². The Morgan fingerprint density at radius 2 is 2.05 bits per heavy atom. The minimum absolute atomic E-state index is 0.237. The summed E-state index contributed by atoms with van der Waals surface area (Å²) >= 11 is 0. The lowest BCUT2D eigenvalue weighted by Crippen LogP contribution is -2.39. The molecule has 1 saturated carbocycles. The van der Waals surface area contributed by atoms with E-state index in [9.17, 15) is 4.79 Å². The Morgan fingerprint density at radius 3 is 2.73 bits per heavy atom. The Morgan fingerprint density at radius 1 is 1.32 bits per heavy atom. The SMILES string of the molecule is CC1(C)C[C@@H]1C(=O)N1CCC(c2n[nH]c3c2CNCC3)CC1. The fourth-order valence-electron chi connectivity index (χ4n) is 4.07. The largest absolute Gasteiger partial charge is 0.342 e. The number of aromatic nitrogens is 2. The van der Waals surface area contributed by atoms with Crippen LogP contribution in [0.15, 0.2) is 0 Å². The molecule has 4 rings (SSSR count). The summed E-state index contributed by atoms with van der Waals surface area (Å²) in [6, 6.07) is 0. The Bertz CT molecular complexity index is 583. The van der Waals surface area contributed by atoms with Crippen LogP contribution in [0, 0.1) is 11.3 Å². The van der Waals surface area contributed by atoms with Gasteiger partial charge >= 0.3 is 0 Å². The van der Waals surface area contributed by atoms with E-state index in [4.69, 9.17) is 0 Å². The van der Waals surface area contributed by atoms with Gasteiger partial charge in [-0.25, -0.2) is 0 Å². The molecule has 1 saturated heterocycles. The van der Waals surface area contributed by atoms with Crippen LogP contribution in [-0.4, -0.2) is 40.6 Å². The van der Waals surface area contributed by atoms with Gasteiger partial charge in [-0.3, -0.25) is 9.89 Å². The molecule has 0 bridgehead atoms. The number of fused-ring (bicyclic) bond motifs is 1. The van der Waals surface area contributed by atoms with Crippen LogP contribution in [-0.2, 0) is 17.8 Å². The second-order valence-electron chi connectivity index (χ2n) is 7.84. The number of piperidine rings is 1. The molecule has 1 aliphatic carbocycles. The number of nitrogens with zero attached hydrogens (tertiary/aromatic N) is 2. The Kier molecular flexibility index (Phi) is 3.29. The zero-order valence-corrected chi connectivity index (χ0v) is 13.6. The molecule has 2 N–H and O–H groups in total. The van der Waals surface area contributed by atoms with Crippen LogP contribution >= 0.6 is 0 Å². The predicted molar refractivity (Wildman–Crippen MR) is 84.4 cm³/mol. The second kappa shape index (κ2) is 5.08. The van der Waals surface area contributed by atoms with E-state index in [-0.39, 0.29) is 11.3 Å². The third-order valence-electron chi connectivity index (χ3n) is 5.84. The quantitative estimate of drug-likeness (QED) is 0.876. The summed E-state index contributed by atoms with van der Waals surface area (Å²) in [6.07, 6.45) is 4.22. The maximum atomic E-state index is 12.5. The highest BCUT2D eigenvalue weighted by Crippen LogP contribution is 2.52. The van der Waals surface area contributed by atoms with Gasteiger partial charge in [0.2, 0.25) is 5.91 Å². The average Bonchev–Trinajstić information content (AvgIpc) is 2.97. The molecule has 0 unspecified atom stereocenters. The molecule has 1 aromatic rings. The molecule has 1 amide bonds. The smallest absolute Gasteiger partial charge is 0.226 e. The van der Waals surface area contributed by atoms with Gasteiger partial charge in [-0.1, -0.05) is 13.8 Å². The molecular weight excluding hydrogens is 276 g/mol. The molecular formula is C17H26N4O. The number of H-pyrrole nitrogens is 1. The summed E-state index contributed by atoms with van der Waals surface area (Å²) in [5, 5.41) is 11.3. The second-order valence-corrected chi connectivity index (χ2v) is 7.84. The van der Waals surface area contributed by atoms with Crippen molar-refractivity contribution in [3.8, 4) is 0 Å². The lowest BCUT2D eigenvalue weighted by Gasteiger charge is -2.32. The first-order valence-electron chi connectivity index (χ1n) is 8.62. The van der Waals surface area contributed by atoms with Crippen molar-refractivity contribution >= 4 is 5.91 Å². The van der Waals surface area contributed by atoms with Crippen LogP contribution in [0.1, 0.15) is 56.0 Å². The van der Waals surface area contributed by atoms with Gasteiger partial charge in [0, 0.05) is 55.7 Å². The number of amides is 1. The summed E-state index contributed by atoms with van der Waals surface area (Å²) in [5.74, 6) is 1.16. The summed E-state index contributed by atoms with van der Waals surface area (Å²) in [4.78, 5) is 14.6. The number of aromatic amines is 1. The number of carbonyl (C=O) groups is 1. The van der Waals surface area contributed by atoms with Gasteiger partial charge in [-0.05, 0) is 24.7 Å². The van der Waals surface area contributed by atoms with E-state index in [1.165, 1.54) is 17.0 Å². The number of likely N-dealkylation sites (tertiary alicyclic amines) is 1. The molecule has 0 aromatic carbocycles. The number of hydrogen-bond donors (Lipinski definition) is 2. The maximum Gasteiger partial charge on any atom is 0.226 e. The number of nitrogens with one attached hydrogen (secondary N) is 2. The molecule has 120 valence electrons. The van der Waals surface area contributed by atoms with Gasteiger partial charge in [0.05, 0.1) is 5.69 Å². The van der Waals surface area contributed by atoms with Crippen molar-refractivity contribution in [1.29, 1.82) is 0 Å².